The van der Waals surface area contributed by atoms with E-state index >= 15 is 0 Å². The zero-order valence-electron chi connectivity index (χ0n) is 37.6. The summed E-state index contributed by atoms with van der Waals surface area (Å²) < 4.78 is 2.53. The predicted molar refractivity (Wildman–Crippen MR) is 281 cm³/mol. The lowest BCUT2D eigenvalue weighted by atomic mass is 9.88. The number of hydrogen-bond donors (Lipinski definition) is 0. The first-order valence-corrected chi connectivity index (χ1v) is 27.1. The molecule has 1 nitrogen and oxygen atoms in total. The molecule has 0 amide bonds. The second-order valence-electron chi connectivity index (χ2n) is 19.0. The smallest absolute Gasteiger partial charge is 0.179 e. The van der Waals surface area contributed by atoms with E-state index in [-0.39, 0.29) is 10.5 Å². The molecule has 314 valence electrons. The lowest BCUT2D eigenvalue weighted by Gasteiger charge is -2.49. The van der Waals surface area contributed by atoms with Crippen LogP contribution in [0.4, 0.5) is 0 Å². The van der Waals surface area contributed by atoms with Crippen molar-refractivity contribution in [1.82, 2.24) is 4.57 Å². The molecule has 1 aliphatic carbocycles. The molecule has 10 rings (SSSR count). The van der Waals surface area contributed by atoms with E-state index in [4.69, 9.17) is 0 Å². The lowest BCUT2D eigenvalue weighted by Crippen LogP contribution is -2.74. The molecule has 1 aliphatic rings. The molecule has 64 heavy (non-hydrogen) atoms. The zero-order valence-corrected chi connectivity index (χ0v) is 39.6. The van der Waals surface area contributed by atoms with Gasteiger partial charge in [0, 0.05) is 16.5 Å². The van der Waals surface area contributed by atoms with Gasteiger partial charge in [0.2, 0.25) is 0 Å². The average Bonchev–Trinajstić information content (AvgIpc) is 3.67. The van der Waals surface area contributed by atoms with Gasteiger partial charge in [0.1, 0.15) is 0 Å². The van der Waals surface area contributed by atoms with Gasteiger partial charge in [-0.3, -0.25) is 0 Å². The summed E-state index contributed by atoms with van der Waals surface area (Å²) in [6.45, 7) is 9.38. The minimum absolute atomic E-state index is 0.0828. The van der Waals surface area contributed by atoms with Crippen LogP contribution in [0, 0.1) is 5.41 Å². The summed E-state index contributed by atoms with van der Waals surface area (Å²) in [5.41, 5.74) is 5.23. The number of hydrogen-bond acceptors (Lipinski definition) is 0. The number of rotatable bonds is 11. The third-order valence-corrected chi connectivity index (χ3v) is 24.7. The Kier molecular flexibility index (Phi) is 10.9. The Morgan fingerprint density at radius 3 is 1.33 bits per heavy atom. The molecule has 9 aromatic rings. The van der Waals surface area contributed by atoms with Gasteiger partial charge in [-0.1, -0.05) is 240 Å². The van der Waals surface area contributed by atoms with Crippen LogP contribution in [0.5, 0.6) is 0 Å². The van der Waals surface area contributed by atoms with Crippen molar-refractivity contribution in [3.8, 4) is 5.69 Å². The molecule has 0 spiro atoms. The second-order valence-corrected chi connectivity index (χ2v) is 27.1. The van der Waals surface area contributed by atoms with Gasteiger partial charge < -0.3 is 4.57 Å². The van der Waals surface area contributed by atoms with E-state index in [1.165, 1.54) is 69.4 Å². The lowest BCUT2D eigenvalue weighted by molar-refractivity contribution is 0.411. The van der Waals surface area contributed by atoms with E-state index in [0.29, 0.717) is 0 Å². The molecule has 0 aliphatic heterocycles. The summed E-state index contributed by atoms with van der Waals surface area (Å²) in [7, 11) is -5.65. The fourth-order valence-electron chi connectivity index (χ4n) is 11.4. The van der Waals surface area contributed by atoms with Gasteiger partial charge in [-0.15, -0.1) is 0 Å². The van der Waals surface area contributed by atoms with Gasteiger partial charge in [-0.05, 0) is 95.9 Å². The van der Waals surface area contributed by atoms with Crippen molar-refractivity contribution in [3.63, 3.8) is 0 Å². The van der Waals surface area contributed by atoms with Crippen molar-refractivity contribution in [2.24, 2.45) is 5.41 Å². The quantitative estimate of drug-likeness (QED) is 0.0902. The Morgan fingerprint density at radius 1 is 0.469 bits per heavy atom. The molecule has 1 atom stereocenters. The molecule has 1 unspecified atom stereocenters. The number of nitrogens with zero attached hydrogens (tertiary/aromatic N) is 1. The van der Waals surface area contributed by atoms with Crippen LogP contribution in [0.1, 0.15) is 46.1 Å². The Morgan fingerprint density at radius 2 is 0.906 bits per heavy atom. The Labute approximate surface area is 382 Å². The minimum atomic E-state index is -2.83. The molecule has 0 N–H and O–H groups in total. The van der Waals surface area contributed by atoms with Gasteiger partial charge in [0.05, 0.1) is 11.0 Å². The van der Waals surface area contributed by atoms with E-state index in [1.54, 1.807) is 0 Å². The van der Waals surface area contributed by atoms with E-state index in [0.717, 1.165) is 19.3 Å². The molecule has 1 heterocycles. The van der Waals surface area contributed by atoms with Crippen molar-refractivity contribution >= 4 is 74.3 Å². The van der Waals surface area contributed by atoms with Crippen molar-refractivity contribution in [1.29, 1.82) is 0 Å². The number of benzene rings is 8. The second kappa shape index (κ2) is 16.9. The number of aromatic nitrogens is 1. The highest BCUT2D eigenvalue weighted by atomic mass is 28.3. The summed E-state index contributed by atoms with van der Waals surface area (Å²) in [6.07, 6.45) is 12.6. The highest BCUT2D eigenvalue weighted by molar-refractivity contribution is 7.20. The predicted octanol–water partition coefficient (Wildman–Crippen LogP) is 10.9. The molecule has 3 heteroatoms. The van der Waals surface area contributed by atoms with E-state index < -0.39 is 16.1 Å². The molecule has 0 bridgehead atoms. The largest absolute Gasteiger partial charge is 0.309 e. The third-order valence-electron chi connectivity index (χ3n) is 14.1. The zero-order chi connectivity index (χ0) is 43.8. The Balaban J connectivity index is 1.33. The van der Waals surface area contributed by atoms with Crippen LogP contribution in [0.25, 0.3) is 27.5 Å². The fraction of sp³-hybridized carbons (Fsp3) is 0.148. The summed E-state index contributed by atoms with van der Waals surface area (Å²) in [4.78, 5) is 0. The maximum Gasteiger partial charge on any atom is 0.179 e. The molecule has 1 aromatic heterocycles. The van der Waals surface area contributed by atoms with Gasteiger partial charge in [-0.2, -0.15) is 0 Å². The maximum atomic E-state index is 2.64. The monoisotopic (exact) mass is 859 g/mol. The van der Waals surface area contributed by atoms with Gasteiger partial charge >= 0.3 is 0 Å². The maximum absolute atomic E-state index is 2.83. The van der Waals surface area contributed by atoms with Crippen molar-refractivity contribution in [2.45, 2.75) is 52.0 Å². The molecule has 8 aromatic carbocycles. The first kappa shape index (κ1) is 41.5. The van der Waals surface area contributed by atoms with Crippen LogP contribution >= 0.6 is 0 Å². The first-order chi connectivity index (χ1) is 31.3. The van der Waals surface area contributed by atoms with Crippen molar-refractivity contribution in [2.75, 3.05) is 0 Å². The van der Waals surface area contributed by atoms with Crippen molar-refractivity contribution < 1.29 is 0 Å². The van der Waals surface area contributed by atoms with Gasteiger partial charge in [0.15, 0.2) is 16.1 Å². The standard InChI is InChI=1S/C61H57NSi2/c1-5-61(42-22-11-23-43-61)64(52-30-18-9-19-31-52,53-32-20-10-21-33-53)55-39-41-59-57(45-55)56-44-54(38-40-58(56)62(59)48-36-34-47(35-37-48)46-60(2,3)4)63(49-24-12-6-13-25-49,50-26-14-7-15-27-50)51-28-16-8-17-29-51/h6-42,44-45H,5,43,46H2,1-4H3. The highest BCUT2D eigenvalue weighted by Crippen LogP contribution is 2.48. The van der Waals surface area contributed by atoms with E-state index in [1.807, 2.05) is 0 Å². The summed E-state index contributed by atoms with van der Waals surface area (Å²) in [5.74, 6) is 0. The Bertz CT molecular complexity index is 2950. The molecule has 0 fully saturated rings. The molecule has 0 saturated heterocycles. The van der Waals surface area contributed by atoms with Gasteiger partial charge in [-0.25, -0.2) is 0 Å². The number of allylic oxidation sites excluding steroid dienone is 4. The van der Waals surface area contributed by atoms with Gasteiger partial charge in [0.25, 0.3) is 0 Å². The molecule has 0 saturated carbocycles. The SMILES string of the molecule is CCC1([Si](c2ccccc2)(c2ccccc2)c2ccc3c(c2)c2cc([Si](c4ccccc4)(c4ccccc4)c4ccccc4)ccc2n3-c2ccc(CC(C)(C)C)cc2)C=CC=CC1. The summed E-state index contributed by atoms with van der Waals surface area (Å²) >= 11 is 0. The topological polar surface area (TPSA) is 4.93 Å². The fourth-order valence-corrected chi connectivity index (χ4v) is 22.3. The first-order valence-electron chi connectivity index (χ1n) is 23.1. The molecule has 0 radical (unpaired) electrons. The van der Waals surface area contributed by atoms with E-state index in [2.05, 4.69) is 269 Å². The van der Waals surface area contributed by atoms with Crippen molar-refractivity contribution in [3.05, 3.63) is 242 Å². The van der Waals surface area contributed by atoms with Crippen LogP contribution in [0.15, 0.2) is 237 Å². The normalized spacial score (nSPS) is 15.5. The Hall–Kier alpha value is -6.53. The summed E-state index contributed by atoms with van der Waals surface area (Å²) in [5, 5.41) is 12.4. The van der Waals surface area contributed by atoms with E-state index in [9.17, 15) is 0 Å². The highest BCUT2D eigenvalue weighted by Gasteiger charge is 2.54. The molecular formula is C61H57NSi2. The van der Waals surface area contributed by atoms with Crippen LogP contribution in [-0.2, 0) is 6.42 Å². The number of fused-ring (bicyclic) bond motifs is 3. The minimum Gasteiger partial charge on any atom is -0.309 e. The van der Waals surface area contributed by atoms with Crippen LogP contribution in [0.3, 0.4) is 0 Å². The van der Waals surface area contributed by atoms with Crippen LogP contribution in [-0.4, -0.2) is 20.7 Å². The van der Waals surface area contributed by atoms with Crippen LogP contribution < -0.4 is 36.3 Å². The third kappa shape index (κ3) is 6.90. The molecular weight excluding hydrogens is 803 g/mol. The summed E-state index contributed by atoms with van der Waals surface area (Å²) in [6, 6.07) is 81.5. The average molecular weight is 860 g/mol. The van der Waals surface area contributed by atoms with Crippen LogP contribution in [0.2, 0.25) is 5.04 Å².